The van der Waals surface area contributed by atoms with Crippen molar-refractivity contribution in [3.05, 3.63) is 77.5 Å². The van der Waals surface area contributed by atoms with E-state index in [-0.39, 0.29) is 11.6 Å². The number of carbonyl (C=O) groups is 1. The van der Waals surface area contributed by atoms with Crippen LogP contribution in [-0.2, 0) is 6.42 Å². The van der Waals surface area contributed by atoms with E-state index in [1.165, 1.54) is 18.2 Å². The number of anilines is 2. The highest BCUT2D eigenvalue weighted by atomic mass is 19.2. The van der Waals surface area contributed by atoms with Crippen LogP contribution in [0.4, 0.5) is 20.3 Å². The zero-order valence-electron chi connectivity index (χ0n) is 15.1. The Morgan fingerprint density at radius 1 is 1.00 bits per heavy atom. The summed E-state index contributed by atoms with van der Waals surface area (Å²) in [5.41, 5.74) is 1.55. The molecular weight excluding hydrogens is 366 g/mol. The molecule has 28 heavy (non-hydrogen) atoms. The molecule has 2 aromatic carbocycles. The van der Waals surface area contributed by atoms with Crippen LogP contribution in [0, 0.1) is 11.6 Å². The van der Waals surface area contributed by atoms with Crippen LogP contribution in [0.1, 0.15) is 16.1 Å². The summed E-state index contributed by atoms with van der Waals surface area (Å²) in [5, 5.41) is 13.3. The number of rotatable bonds is 7. The van der Waals surface area contributed by atoms with Crippen LogP contribution in [0.3, 0.4) is 0 Å². The zero-order valence-corrected chi connectivity index (χ0v) is 15.1. The van der Waals surface area contributed by atoms with Crippen molar-refractivity contribution in [2.75, 3.05) is 19.0 Å². The molecule has 0 saturated heterocycles. The summed E-state index contributed by atoms with van der Waals surface area (Å²) in [6, 6.07) is 14.0. The van der Waals surface area contributed by atoms with Gasteiger partial charge in [0, 0.05) is 18.3 Å². The fraction of sp³-hybridized carbons (Fsp3) is 0.150. The van der Waals surface area contributed by atoms with E-state index in [0.717, 1.165) is 23.4 Å². The van der Waals surface area contributed by atoms with Gasteiger partial charge in [0.15, 0.2) is 23.1 Å². The van der Waals surface area contributed by atoms with Crippen LogP contribution in [0.5, 0.6) is 5.75 Å². The fourth-order valence-corrected chi connectivity index (χ4v) is 2.44. The highest BCUT2D eigenvalue weighted by Crippen LogP contribution is 2.17. The van der Waals surface area contributed by atoms with Gasteiger partial charge in [0.1, 0.15) is 5.75 Å². The standard InChI is InChI=1S/C20H18F2N4O2/c1-28-15-5-2-13(3-6-15)10-11-23-20(27)18-8-9-19(26-25-18)24-14-4-7-16(21)17(22)12-14/h2-9,12H,10-11H2,1H3,(H,23,27)(H,24,26). The first-order valence-corrected chi connectivity index (χ1v) is 8.52. The van der Waals surface area contributed by atoms with Gasteiger partial charge in [0.05, 0.1) is 7.11 Å². The molecule has 144 valence electrons. The lowest BCUT2D eigenvalue weighted by Gasteiger charge is -2.07. The lowest BCUT2D eigenvalue weighted by molar-refractivity contribution is 0.0948. The van der Waals surface area contributed by atoms with Gasteiger partial charge in [-0.25, -0.2) is 8.78 Å². The van der Waals surface area contributed by atoms with Crippen molar-refractivity contribution in [2.45, 2.75) is 6.42 Å². The van der Waals surface area contributed by atoms with Crippen LogP contribution in [0.2, 0.25) is 0 Å². The van der Waals surface area contributed by atoms with E-state index < -0.39 is 11.6 Å². The molecule has 2 N–H and O–H groups in total. The Balaban J connectivity index is 1.52. The number of methoxy groups -OCH3 is 1. The Labute approximate surface area is 160 Å². The Morgan fingerprint density at radius 2 is 1.79 bits per heavy atom. The third-order valence-corrected chi connectivity index (χ3v) is 3.95. The maximum Gasteiger partial charge on any atom is 0.271 e. The molecule has 0 radical (unpaired) electrons. The molecule has 0 spiro atoms. The number of hydrogen-bond acceptors (Lipinski definition) is 5. The predicted octanol–water partition coefficient (Wildman–Crippen LogP) is 3.48. The van der Waals surface area contributed by atoms with Gasteiger partial charge in [-0.05, 0) is 48.4 Å². The number of ether oxygens (including phenoxy) is 1. The van der Waals surface area contributed by atoms with Gasteiger partial charge in [-0.2, -0.15) is 0 Å². The number of benzene rings is 2. The highest BCUT2D eigenvalue weighted by Gasteiger charge is 2.09. The second-order valence-corrected chi connectivity index (χ2v) is 5.91. The smallest absolute Gasteiger partial charge is 0.271 e. The van der Waals surface area contributed by atoms with Gasteiger partial charge >= 0.3 is 0 Å². The van der Waals surface area contributed by atoms with Crippen LogP contribution < -0.4 is 15.4 Å². The number of nitrogens with one attached hydrogen (secondary N) is 2. The summed E-state index contributed by atoms with van der Waals surface area (Å²) in [6.07, 6.45) is 0.666. The maximum atomic E-state index is 13.2. The van der Waals surface area contributed by atoms with E-state index >= 15 is 0 Å². The zero-order chi connectivity index (χ0) is 19.9. The van der Waals surface area contributed by atoms with Gasteiger partial charge in [-0.15, -0.1) is 10.2 Å². The summed E-state index contributed by atoms with van der Waals surface area (Å²) in [4.78, 5) is 12.1. The van der Waals surface area contributed by atoms with E-state index in [9.17, 15) is 13.6 Å². The molecule has 0 aliphatic rings. The topological polar surface area (TPSA) is 76.1 Å². The Kier molecular flexibility index (Phi) is 6.11. The van der Waals surface area contributed by atoms with Gasteiger partial charge < -0.3 is 15.4 Å². The van der Waals surface area contributed by atoms with Gasteiger partial charge in [-0.3, -0.25) is 4.79 Å². The average molecular weight is 384 g/mol. The molecule has 0 fully saturated rings. The molecule has 0 saturated carbocycles. The average Bonchev–Trinajstić information content (AvgIpc) is 2.72. The number of aromatic nitrogens is 2. The van der Waals surface area contributed by atoms with Crippen molar-refractivity contribution in [1.82, 2.24) is 15.5 Å². The molecule has 3 aromatic rings. The minimum atomic E-state index is -0.967. The van der Waals surface area contributed by atoms with Crippen LogP contribution in [0.15, 0.2) is 54.6 Å². The SMILES string of the molecule is COc1ccc(CCNC(=O)c2ccc(Nc3ccc(F)c(F)c3)nn2)cc1. The molecule has 6 nitrogen and oxygen atoms in total. The van der Waals surface area contributed by atoms with E-state index in [2.05, 4.69) is 20.8 Å². The molecule has 0 bridgehead atoms. The third-order valence-electron chi connectivity index (χ3n) is 3.95. The third kappa shape index (κ3) is 5.00. The minimum Gasteiger partial charge on any atom is -0.497 e. The summed E-state index contributed by atoms with van der Waals surface area (Å²) in [7, 11) is 1.61. The normalized spacial score (nSPS) is 10.4. The van der Waals surface area contributed by atoms with Crippen LogP contribution in [-0.4, -0.2) is 29.8 Å². The molecular formula is C20H18F2N4O2. The molecule has 8 heteroatoms. The number of nitrogens with zero attached hydrogens (tertiary/aromatic N) is 2. The first kappa shape index (κ1) is 19.2. The second-order valence-electron chi connectivity index (χ2n) is 5.91. The largest absolute Gasteiger partial charge is 0.497 e. The molecule has 0 atom stereocenters. The Morgan fingerprint density at radius 3 is 2.43 bits per heavy atom. The number of carbonyl (C=O) groups excluding carboxylic acids is 1. The summed E-state index contributed by atoms with van der Waals surface area (Å²) in [6.45, 7) is 0.446. The van der Waals surface area contributed by atoms with Gasteiger partial charge in [0.2, 0.25) is 0 Å². The van der Waals surface area contributed by atoms with Gasteiger partial charge in [-0.1, -0.05) is 12.1 Å². The van der Waals surface area contributed by atoms with E-state index in [4.69, 9.17) is 4.74 Å². The first-order chi connectivity index (χ1) is 13.5. The predicted molar refractivity (Wildman–Crippen MR) is 101 cm³/mol. The summed E-state index contributed by atoms with van der Waals surface area (Å²) < 4.78 is 31.3. The molecule has 0 aliphatic heterocycles. The highest BCUT2D eigenvalue weighted by molar-refractivity contribution is 5.92. The van der Waals surface area contributed by atoms with Crippen molar-refractivity contribution in [3.8, 4) is 5.75 Å². The maximum absolute atomic E-state index is 13.2. The van der Waals surface area contributed by atoms with Crippen molar-refractivity contribution < 1.29 is 18.3 Å². The fourth-order valence-electron chi connectivity index (χ4n) is 2.44. The summed E-state index contributed by atoms with van der Waals surface area (Å²) in [5.74, 6) is -1.16. The minimum absolute atomic E-state index is 0.158. The van der Waals surface area contributed by atoms with E-state index in [1.54, 1.807) is 7.11 Å². The number of amides is 1. The molecule has 1 amide bonds. The van der Waals surface area contributed by atoms with Crippen LogP contribution in [0.25, 0.3) is 0 Å². The first-order valence-electron chi connectivity index (χ1n) is 8.52. The molecule has 1 aromatic heterocycles. The number of hydrogen-bond donors (Lipinski definition) is 2. The van der Waals surface area contributed by atoms with Gasteiger partial charge in [0.25, 0.3) is 5.91 Å². The lowest BCUT2D eigenvalue weighted by Crippen LogP contribution is -2.26. The second kappa shape index (κ2) is 8.90. The van der Waals surface area contributed by atoms with Crippen LogP contribution >= 0.6 is 0 Å². The van der Waals surface area contributed by atoms with Crippen molar-refractivity contribution in [2.24, 2.45) is 0 Å². The van der Waals surface area contributed by atoms with E-state index in [1.807, 2.05) is 24.3 Å². The Bertz CT molecular complexity index is 947. The van der Waals surface area contributed by atoms with Crippen molar-refractivity contribution in [3.63, 3.8) is 0 Å². The Hall–Kier alpha value is -3.55. The van der Waals surface area contributed by atoms with Crippen molar-refractivity contribution >= 4 is 17.4 Å². The summed E-state index contributed by atoms with van der Waals surface area (Å²) >= 11 is 0. The number of halogens is 2. The van der Waals surface area contributed by atoms with Crippen molar-refractivity contribution in [1.29, 1.82) is 0 Å². The lowest BCUT2D eigenvalue weighted by atomic mass is 10.1. The quantitative estimate of drug-likeness (QED) is 0.652. The molecule has 0 unspecified atom stereocenters. The molecule has 1 heterocycles. The monoisotopic (exact) mass is 384 g/mol. The molecule has 3 rings (SSSR count). The molecule has 0 aliphatic carbocycles. The van der Waals surface area contributed by atoms with E-state index in [0.29, 0.717) is 24.5 Å².